The molecule has 0 fully saturated rings. The summed E-state index contributed by atoms with van der Waals surface area (Å²) >= 11 is 1.74. The summed E-state index contributed by atoms with van der Waals surface area (Å²) in [6, 6.07) is 17.3. The van der Waals surface area contributed by atoms with Gasteiger partial charge in [0.15, 0.2) is 0 Å². The van der Waals surface area contributed by atoms with Gasteiger partial charge in [0.25, 0.3) is 5.91 Å². The second kappa shape index (κ2) is 6.23. The van der Waals surface area contributed by atoms with Gasteiger partial charge in [-0.1, -0.05) is 30.3 Å². The predicted octanol–water partition coefficient (Wildman–Crippen LogP) is 3.10. The summed E-state index contributed by atoms with van der Waals surface area (Å²) < 4.78 is 0. The van der Waals surface area contributed by atoms with Crippen LogP contribution in [0, 0.1) is 0 Å². The maximum absolute atomic E-state index is 11.1. The lowest BCUT2D eigenvalue weighted by molar-refractivity contribution is 0.0706. The number of thioether (sulfide) groups is 1. The molecule has 0 aliphatic carbocycles. The molecule has 2 aromatic rings. The van der Waals surface area contributed by atoms with E-state index in [1.54, 1.807) is 29.4 Å². The van der Waals surface area contributed by atoms with Crippen LogP contribution < -0.4 is 5.48 Å². The highest BCUT2D eigenvalue weighted by molar-refractivity contribution is 7.98. The van der Waals surface area contributed by atoms with E-state index in [0.29, 0.717) is 5.56 Å². The summed E-state index contributed by atoms with van der Waals surface area (Å²) in [6.45, 7) is 0. The molecule has 0 saturated carbocycles. The van der Waals surface area contributed by atoms with E-state index in [1.165, 1.54) is 4.90 Å². The summed E-state index contributed by atoms with van der Waals surface area (Å²) in [4.78, 5) is 12.4. The Morgan fingerprint density at radius 2 is 1.72 bits per heavy atom. The molecule has 0 atom stereocenters. The van der Waals surface area contributed by atoms with Crippen LogP contribution in [0.5, 0.6) is 0 Å². The van der Waals surface area contributed by atoms with Crippen molar-refractivity contribution in [1.82, 2.24) is 5.48 Å². The zero-order valence-corrected chi connectivity index (χ0v) is 10.5. The number of benzene rings is 2. The van der Waals surface area contributed by atoms with Gasteiger partial charge in [-0.2, -0.15) is 0 Å². The number of hydroxylamine groups is 1. The zero-order valence-electron chi connectivity index (χ0n) is 9.67. The summed E-state index contributed by atoms with van der Waals surface area (Å²) in [5.74, 6) is 0.364. The normalized spacial score (nSPS) is 10.1. The van der Waals surface area contributed by atoms with E-state index in [-0.39, 0.29) is 0 Å². The lowest BCUT2D eigenvalue weighted by Crippen LogP contribution is -2.18. The molecule has 0 saturated heterocycles. The minimum Gasteiger partial charge on any atom is -0.288 e. The Labute approximate surface area is 110 Å². The molecular formula is C14H13NO2S. The number of carbonyl (C=O) groups excluding carboxylic acids is 1. The van der Waals surface area contributed by atoms with Crippen molar-refractivity contribution in [3.05, 3.63) is 65.7 Å². The van der Waals surface area contributed by atoms with Crippen LogP contribution in [0.25, 0.3) is 0 Å². The number of nitrogens with one attached hydrogen (secondary N) is 1. The molecule has 0 bridgehead atoms. The van der Waals surface area contributed by atoms with Crippen LogP contribution in [-0.4, -0.2) is 11.1 Å². The van der Waals surface area contributed by atoms with Crippen LogP contribution in [-0.2, 0) is 5.75 Å². The highest BCUT2D eigenvalue weighted by atomic mass is 32.2. The van der Waals surface area contributed by atoms with E-state index in [4.69, 9.17) is 5.21 Å². The Bertz CT molecular complexity index is 511. The first-order valence-electron chi connectivity index (χ1n) is 5.51. The van der Waals surface area contributed by atoms with Crippen molar-refractivity contribution in [2.75, 3.05) is 0 Å². The van der Waals surface area contributed by atoms with Crippen molar-refractivity contribution >= 4 is 17.7 Å². The highest BCUT2D eigenvalue weighted by Gasteiger charge is 2.03. The average molecular weight is 259 g/mol. The Morgan fingerprint density at radius 3 is 2.33 bits per heavy atom. The maximum Gasteiger partial charge on any atom is 0.274 e. The van der Waals surface area contributed by atoms with Gasteiger partial charge in [-0.25, -0.2) is 5.48 Å². The second-order valence-electron chi connectivity index (χ2n) is 3.74. The monoisotopic (exact) mass is 259 g/mol. The summed E-state index contributed by atoms with van der Waals surface area (Å²) in [7, 11) is 0. The zero-order chi connectivity index (χ0) is 12.8. The van der Waals surface area contributed by atoms with Crippen LogP contribution in [0.1, 0.15) is 15.9 Å². The number of carbonyl (C=O) groups is 1. The van der Waals surface area contributed by atoms with E-state index in [2.05, 4.69) is 12.1 Å². The number of amides is 1. The first-order valence-corrected chi connectivity index (χ1v) is 6.49. The molecule has 2 aromatic carbocycles. The van der Waals surface area contributed by atoms with Gasteiger partial charge in [-0.15, -0.1) is 11.8 Å². The quantitative estimate of drug-likeness (QED) is 0.504. The second-order valence-corrected chi connectivity index (χ2v) is 4.79. The standard InChI is InChI=1S/C14H13NO2S/c16-14(15-17)12-8-6-11(7-9-12)10-18-13-4-2-1-3-5-13/h1-9,17H,10H2,(H,15,16). The van der Waals surface area contributed by atoms with Gasteiger partial charge in [-0.05, 0) is 29.8 Å². The molecule has 2 N–H and O–H groups in total. The van der Waals surface area contributed by atoms with Crippen molar-refractivity contribution in [3.63, 3.8) is 0 Å². The molecule has 2 rings (SSSR count). The fourth-order valence-electron chi connectivity index (χ4n) is 1.50. The third-order valence-electron chi connectivity index (χ3n) is 2.47. The average Bonchev–Trinajstić information content (AvgIpc) is 2.46. The van der Waals surface area contributed by atoms with Gasteiger partial charge >= 0.3 is 0 Å². The van der Waals surface area contributed by atoms with E-state index in [1.807, 2.05) is 30.3 Å². The molecule has 4 heteroatoms. The number of hydrogen-bond acceptors (Lipinski definition) is 3. The van der Waals surface area contributed by atoms with Crippen molar-refractivity contribution in [2.24, 2.45) is 0 Å². The summed E-state index contributed by atoms with van der Waals surface area (Å²) in [6.07, 6.45) is 0. The molecule has 92 valence electrons. The van der Waals surface area contributed by atoms with Gasteiger partial charge in [0.05, 0.1) is 0 Å². The molecule has 18 heavy (non-hydrogen) atoms. The maximum atomic E-state index is 11.1. The van der Waals surface area contributed by atoms with Crippen molar-refractivity contribution < 1.29 is 10.0 Å². The van der Waals surface area contributed by atoms with Crippen LogP contribution in [0.15, 0.2) is 59.5 Å². The highest BCUT2D eigenvalue weighted by Crippen LogP contribution is 2.22. The molecule has 0 spiro atoms. The van der Waals surface area contributed by atoms with E-state index >= 15 is 0 Å². The van der Waals surface area contributed by atoms with Crippen molar-refractivity contribution in [2.45, 2.75) is 10.6 Å². The van der Waals surface area contributed by atoms with E-state index in [9.17, 15) is 4.79 Å². The number of rotatable bonds is 4. The van der Waals surface area contributed by atoms with Gasteiger partial charge in [0, 0.05) is 16.2 Å². The van der Waals surface area contributed by atoms with Gasteiger partial charge in [-0.3, -0.25) is 10.0 Å². The van der Waals surface area contributed by atoms with Crippen LogP contribution in [0.4, 0.5) is 0 Å². The van der Waals surface area contributed by atoms with E-state index < -0.39 is 5.91 Å². The topological polar surface area (TPSA) is 49.3 Å². The largest absolute Gasteiger partial charge is 0.288 e. The molecule has 1 amide bonds. The van der Waals surface area contributed by atoms with Gasteiger partial charge < -0.3 is 0 Å². The molecule has 0 aromatic heterocycles. The Morgan fingerprint density at radius 1 is 1.06 bits per heavy atom. The van der Waals surface area contributed by atoms with Crippen LogP contribution in [0.3, 0.4) is 0 Å². The molecule has 0 unspecified atom stereocenters. The Kier molecular flexibility index (Phi) is 4.39. The SMILES string of the molecule is O=C(NO)c1ccc(CSc2ccccc2)cc1. The Hall–Kier alpha value is -1.78. The lowest BCUT2D eigenvalue weighted by Gasteiger charge is -2.03. The van der Waals surface area contributed by atoms with Gasteiger partial charge in [0.2, 0.25) is 0 Å². The van der Waals surface area contributed by atoms with Crippen molar-refractivity contribution in [3.8, 4) is 0 Å². The predicted molar refractivity (Wildman–Crippen MR) is 71.7 cm³/mol. The molecular weight excluding hydrogens is 246 g/mol. The van der Waals surface area contributed by atoms with Crippen LogP contribution in [0.2, 0.25) is 0 Å². The van der Waals surface area contributed by atoms with Crippen molar-refractivity contribution in [1.29, 1.82) is 0 Å². The molecule has 3 nitrogen and oxygen atoms in total. The molecule has 0 radical (unpaired) electrons. The fraction of sp³-hybridized carbons (Fsp3) is 0.0714. The molecule has 0 aliphatic rings. The minimum absolute atomic E-state index is 0.450. The lowest BCUT2D eigenvalue weighted by atomic mass is 10.1. The molecule has 0 heterocycles. The first kappa shape index (κ1) is 12.7. The molecule has 0 aliphatic heterocycles. The third kappa shape index (κ3) is 3.35. The Balaban J connectivity index is 1.97. The third-order valence-corrected chi connectivity index (χ3v) is 3.55. The minimum atomic E-state index is -0.489. The summed E-state index contributed by atoms with van der Waals surface area (Å²) in [5, 5.41) is 8.51. The van der Waals surface area contributed by atoms with Gasteiger partial charge in [0.1, 0.15) is 0 Å². The fourth-order valence-corrected chi connectivity index (χ4v) is 2.38. The van der Waals surface area contributed by atoms with E-state index in [0.717, 1.165) is 11.3 Å². The smallest absolute Gasteiger partial charge is 0.274 e. The first-order chi connectivity index (χ1) is 8.79. The van der Waals surface area contributed by atoms with Crippen LogP contribution >= 0.6 is 11.8 Å². The summed E-state index contributed by atoms with van der Waals surface area (Å²) in [5.41, 5.74) is 3.20. The number of hydrogen-bond donors (Lipinski definition) is 2.